The predicted octanol–water partition coefficient (Wildman–Crippen LogP) is 6.03. The maximum Gasteiger partial charge on any atom is 0.298 e. The van der Waals surface area contributed by atoms with Crippen molar-refractivity contribution in [3.63, 3.8) is 0 Å². The molecule has 2 atom stereocenters. The zero-order valence-corrected chi connectivity index (χ0v) is 19.3. The van der Waals surface area contributed by atoms with Crippen LogP contribution in [0.1, 0.15) is 52.9 Å². The molecule has 0 aliphatic heterocycles. The topological polar surface area (TPSA) is 63.0 Å². The number of halogens is 1. The van der Waals surface area contributed by atoms with Crippen LogP contribution in [0.3, 0.4) is 0 Å². The van der Waals surface area contributed by atoms with Crippen LogP contribution in [0.5, 0.6) is 0 Å². The molecule has 0 saturated heterocycles. The molecule has 0 radical (unpaired) electrons. The molecule has 0 saturated carbocycles. The number of nitrogens with one attached hydrogen (secondary N) is 1. The van der Waals surface area contributed by atoms with Gasteiger partial charge in [-0.05, 0) is 61.6 Å². The number of rotatable bonds is 2. The molecule has 5 rings (SSSR count). The van der Waals surface area contributed by atoms with Crippen molar-refractivity contribution in [1.82, 2.24) is 14.6 Å². The number of fused-ring (bicyclic) bond motifs is 3. The minimum atomic E-state index is -0.162. The highest BCUT2D eigenvalue weighted by Crippen LogP contribution is 2.48. The Morgan fingerprint density at radius 2 is 2.17 bits per heavy atom. The molecule has 0 amide bonds. The van der Waals surface area contributed by atoms with Gasteiger partial charge in [0.15, 0.2) is 0 Å². The fourth-order valence-electron chi connectivity index (χ4n) is 5.30. The Bertz CT molecular complexity index is 1260. The fourth-order valence-corrected chi connectivity index (χ4v) is 5.67. The molecular weight excluding hydrogens is 440 g/mol. The molecular formula is C24H27BrN4O. The second kappa shape index (κ2) is 7.19. The van der Waals surface area contributed by atoms with E-state index in [1.807, 2.05) is 24.4 Å². The highest BCUT2D eigenvalue weighted by Gasteiger charge is 2.36. The molecule has 6 heteroatoms. The van der Waals surface area contributed by atoms with Crippen LogP contribution in [0.25, 0.3) is 21.9 Å². The van der Waals surface area contributed by atoms with E-state index in [0.29, 0.717) is 22.9 Å². The molecule has 156 valence electrons. The summed E-state index contributed by atoms with van der Waals surface area (Å²) in [6.45, 7) is 7.06. The third-order valence-electron chi connectivity index (χ3n) is 7.10. The first-order valence-electron chi connectivity index (χ1n) is 10.8. The largest absolute Gasteiger partial charge is 0.349 e. The third kappa shape index (κ3) is 3.25. The van der Waals surface area contributed by atoms with Crippen LogP contribution in [-0.4, -0.2) is 20.9 Å². The zero-order valence-electron chi connectivity index (χ0n) is 17.7. The minimum Gasteiger partial charge on any atom is -0.349 e. The summed E-state index contributed by atoms with van der Waals surface area (Å²) in [5, 5.41) is 5.51. The number of aromatic nitrogens is 3. The van der Waals surface area contributed by atoms with Gasteiger partial charge in [0.05, 0.1) is 0 Å². The summed E-state index contributed by atoms with van der Waals surface area (Å²) >= 11 is 3.49. The number of H-pyrrole nitrogens is 1. The lowest BCUT2D eigenvalue weighted by molar-refractivity contribution is 0.295. The Balaban J connectivity index is 1.48. The van der Waals surface area contributed by atoms with E-state index >= 15 is 0 Å². The molecule has 0 unspecified atom stereocenters. The summed E-state index contributed by atoms with van der Waals surface area (Å²) in [6.07, 6.45) is 9.55. The van der Waals surface area contributed by atoms with Gasteiger partial charge in [-0.2, -0.15) is 9.78 Å². The Morgan fingerprint density at radius 3 is 3.00 bits per heavy atom. The molecule has 2 heterocycles. The average molecular weight is 467 g/mol. The lowest BCUT2D eigenvalue weighted by Gasteiger charge is -2.42. The van der Waals surface area contributed by atoms with Crippen LogP contribution in [0.2, 0.25) is 0 Å². The van der Waals surface area contributed by atoms with Crippen LogP contribution in [0.4, 0.5) is 0 Å². The Labute approximate surface area is 184 Å². The van der Waals surface area contributed by atoms with Crippen LogP contribution < -0.4 is 5.56 Å². The number of hydrogen-bond acceptors (Lipinski definition) is 3. The summed E-state index contributed by atoms with van der Waals surface area (Å²) in [6, 6.07) is 5.89. The molecule has 2 aliphatic carbocycles. The van der Waals surface area contributed by atoms with Gasteiger partial charge in [0.25, 0.3) is 5.56 Å². The molecule has 5 nitrogen and oxygen atoms in total. The average Bonchev–Trinajstić information content (AvgIpc) is 3.06. The monoisotopic (exact) mass is 466 g/mol. The first-order chi connectivity index (χ1) is 14.3. The van der Waals surface area contributed by atoms with Crippen molar-refractivity contribution >= 4 is 44.1 Å². The van der Waals surface area contributed by atoms with Gasteiger partial charge in [0.1, 0.15) is 17.4 Å². The Hall–Kier alpha value is -2.21. The second-order valence-corrected chi connectivity index (χ2v) is 10.5. The van der Waals surface area contributed by atoms with Gasteiger partial charge in [0, 0.05) is 27.5 Å². The maximum atomic E-state index is 13.0. The van der Waals surface area contributed by atoms with Crippen molar-refractivity contribution in [2.45, 2.75) is 52.9 Å². The maximum absolute atomic E-state index is 13.0. The van der Waals surface area contributed by atoms with Crippen molar-refractivity contribution in [3.05, 3.63) is 50.5 Å². The first kappa shape index (κ1) is 19.7. The van der Waals surface area contributed by atoms with Gasteiger partial charge < -0.3 is 4.98 Å². The van der Waals surface area contributed by atoms with Gasteiger partial charge in [0.2, 0.25) is 0 Å². The Morgan fingerprint density at radius 1 is 1.33 bits per heavy atom. The first-order valence-corrected chi connectivity index (χ1v) is 11.6. The molecule has 1 aromatic carbocycles. The van der Waals surface area contributed by atoms with Crippen molar-refractivity contribution in [3.8, 4) is 0 Å². The van der Waals surface area contributed by atoms with Crippen molar-refractivity contribution in [2.75, 3.05) is 0 Å². The summed E-state index contributed by atoms with van der Waals surface area (Å²) in [7, 11) is 0. The highest BCUT2D eigenvalue weighted by molar-refractivity contribution is 9.10. The lowest BCUT2D eigenvalue weighted by Crippen LogP contribution is -2.30. The molecule has 0 bridgehead atoms. The zero-order chi connectivity index (χ0) is 21.0. The second-order valence-electron chi connectivity index (χ2n) is 9.57. The van der Waals surface area contributed by atoms with Gasteiger partial charge in [-0.1, -0.05) is 47.8 Å². The van der Waals surface area contributed by atoms with E-state index in [0.717, 1.165) is 28.2 Å². The van der Waals surface area contributed by atoms with Crippen LogP contribution in [0.15, 0.2) is 50.0 Å². The number of nitrogens with zero attached hydrogens (tertiary/aromatic N) is 3. The molecule has 30 heavy (non-hydrogen) atoms. The van der Waals surface area contributed by atoms with Crippen molar-refractivity contribution in [2.24, 2.45) is 22.4 Å². The summed E-state index contributed by atoms with van der Waals surface area (Å²) in [4.78, 5) is 20.8. The van der Waals surface area contributed by atoms with E-state index in [2.05, 4.69) is 51.8 Å². The van der Waals surface area contributed by atoms with Crippen LogP contribution in [-0.2, 0) is 0 Å². The third-order valence-corrected chi connectivity index (χ3v) is 7.59. The normalized spacial score (nSPS) is 24.1. The van der Waals surface area contributed by atoms with E-state index in [9.17, 15) is 4.79 Å². The number of aromatic amines is 1. The van der Waals surface area contributed by atoms with Gasteiger partial charge in [-0.15, -0.1) is 0 Å². The van der Waals surface area contributed by atoms with Gasteiger partial charge in [-0.25, -0.2) is 4.98 Å². The summed E-state index contributed by atoms with van der Waals surface area (Å²) in [5.41, 5.74) is 5.52. The highest BCUT2D eigenvalue weighted by atomic mass is 79.9. The standard InChI is InChI=1S/C24H27BrN4O/c1-14-9-15-5-4-8-24(2,3)19(15)10-16(14)12-27-29-13-26-21-18-11-17(25)6-7-20(18)28-22(21)23(29)30/h6-7,11-14,16,28H,4-5,8-10H2,1-3H3/b27-12-/t14-,16+/m1/s1. The quantitative estimate of drug-likeness (QED) is 0.370. The molecule has 3 aromatic rings. The number of allylic oxidation sites excluding steroid dienone is 2. The molecule has 2 aromatic heterocycles. The number of benzene rings is 1. The van der Waals surface area contributed by atoms with E-state index in [1.165, 1.54) is 30.3 Å². The van der Waals surface area contributed by atoms with E-state index < -0.39 is 0 Å². The summed E-state index contributed by atoms with van der Waals surface area (Å²) < 4.78 is 2.33. The molecule has 0 fully saturated rings. The lowest BCUT2D eigenvalue weighted by atomic mass is 9.63. The molecule has 1 N–H and O–H groups in total. The van der Waals surface area contributed by atoms with E-state index in [-0.39, 0.29) is 11.0 Å². The van der Waals surface area contributed by atoms with Crippen molar-refractivity contribution in [1.29, 1.82) is 0 Å². The predicted molar refractivity (Wildman–Crippen MR) is 126 cm³/mol. The SMILES string of the molecule is C[C@@H]1CC2=C(C[C@H]1/C=N\n1cnc3c([nH]c4ccc(Br)cc43)c1=O)C(C)(C)CCC2. The number of hydrogen-bond donors (Lipinski definition) is 1. The molecule has 0 spiro atoms. The van der Waals surface area contributed by atoms with Gasteiger partial charge >= 0.3 is 0 Å². The van der Waals surface area contributed by atoms with Crippen molar-refractivity contribution < 1.29 is 0 Å². The minimum absolute atomic E-state index is 0.162. The van der Waals surface area contributed by atoms with Crippen LogP contribution >= 0.6 is 15.9 Å². The Kier molecular flexibility index (Phi) is 4.73. The van der Waals surface area contributed by atoms with E-state index in [4.69, 9.17) is 0 Å². The summed E-state index contributed by atoms with van der Waals surface area (Å²) in [5.74, 6) is 0.890. The van der Waals surface area contributed by atoms with Crippen LogP contribution in [0, 0.1) is 17.3 Å². The van der Waals surface area contributed by atoms with E-state index in [1.54, 1.807) is 11.1 Å². The smallest absolute Gasteiger partial charge is 0.298 e. The fraction of sp³-hybridized carbons (Fsp3) is 0.458. The van der Waals surface area contributed by atoms with Gasteiger partial charge in [-0.3, -0.25) is 4.79 Å². The molecule has 2 aliphatic rings.